The molecule has 0 unspecified atom stereocenters. The maximum absolute atomic E-state index is 13.2. The number of ether oxygens (including phenoxy) is 2. The van der Waals surface area contributed by atoms with Crippen LogP contribution in [-0.2, 0) is 4.74 Å². The van der Waals surface area contributed by atoms with Crippen molar-refractivity contribution in [3.63, 3.8) is 0 Å². The zero-order chi connectivity index (χ0) is 17.9. The molecule has 2 saturated heterocycles. The predicted octanol–water partition coefficient (Wildman–Crippen LogP) is 2.90. The van der Waals surface area contributed by atoms with Gasteiger partial charge in [0.2, 0.25) is 5.88 Å². The van der Waals surface area contributed by atoms with Gasteiger partial charge in [-0.2, -0.15) is 0 Å². The third-order valence-corrected chi connectivity index (χ3v) is 4.74. The number of rotatable bonds is 5. The second kappa shape index (κ2) is 7.67. The van der Waals surface area contributed by atoms with E-state index in [4.69, 9.17) is 9.47 Å². The Morgan fingerprint density at radius 2 is 2.23 bits per heavy atom. The van der Waals surface area contributed by atoms with Gasteiger partial charge in [-0.05, 0) is 31.5 Å². The largest absolute Gasteiger partial charge is 0.471 e. The van der Waals surface area contributed by atoms with Gasteiger partial charge in [-0.25, -0.2) is 18.7 Å². The summed E-state index contributed by atoms with van der Waals surface area (Å²) < 4.78 is 37.6. The summed E-state index contributed by atoms with van der Waals surface area (Å²) in [5.74, 6) is 0.922. The molecule has 6 nitrogen and oxygen atoms in total. The van der Waals surface area contributed by atoms with Crippen LogP contribution in [0.15, 0.2) is 18.3 Å². The summed E-state index contributed by atoms with van der Waals surface area (Å²) in [6.07, 6.45) is 1.68. The van der Waals surface area contributed by atoms with Crippen LogP contribution in [0.2, 0.25) is 0 Å². The van der Waals surface area contributed by atoms with Crippen LogP contribution >= 0.6 is 0 Å². The molecular weight excluding hydrogens is 342 g/mol. The molecule has 0 spiro atoms. The first-order chi connectivity index (χ1) is 12.7. The van der Waals surface area contributed by atoms with Crippen LogP contribution in [0.1, 0.15) is 31.4 Å². The molecule has 2 aliphatic rings. The Morgan fingerprint density at radius 1 is 1.31 bits per heavy atom. The van der Waals surface area contributed by atoms with Crippen molar-refractivity contribution in [1.29, 1.82) is 0 Å². The van der Waals surface area contributed by atoms with Crippen molar-refractivity contribution in [2.75, 3.05) is 31.6 Å². The maximum Gasteiger partial charge on any atom is 0.280 e. The number of hydrogen-bond acceptors (Lipinski definition) is 6. The SMILES string of the molecule is FC(F)c1cc2cnc(N[C@H]3CCCNC3)cc2c(O[C@@H]2CCOC2)n1. The van der Waals surface area contributed by atoms with Gasteiger partial charge in [0.15, 0.2) is 0 Å². The van der Waals surface area contributed by atoms with E-state index in [9.17, 15) is 8.78 Å². The molecule has 0 amide bonds. The highest BCUT2D eigenvalue weighted by molar-refractivity contribution is 5.88. The number of halogens is 2. The Hall–Kier alpha value is -2.06. The average molecular weight is 364 g/mol. The van der Waals surface area contributed by atoms with E-state index in [1.54, 1.807) is 6.20 Å². The lowest BCUT2D eigenvalue weighted by molar-refractivity contribution is 0.132. The van der Waals surface area contributed by atoms with Crippen molar-refractivity contribution in [1.82, 2.24) is 15.3 Å². The molecule has 0 bridgehead atoms. The van der Waals surface area contributed by atoms with Crippen molar-refractivity contribution in [3.05, 3.63) is 24.0 Å². The Morgan fingerprint density at radius 3 is 2.96 bits per heavy atom. The van der Waals surface area contributed by atoms with E-state index in [-0.39, 0.29) is 17.7 Å². The molecule has 26 heavy (non-hydrogen) atoms. The van der Waals surface area contributed by atoms with E-state index < -0.39 is 6.43 Å². The molecule has 2 N–H and O–H groups in total. The van der Waals surface area contributed by atoms with Crippen LogP contribution in [-0.4, -0.2) is 48.4 Å². The molecule has 0 aliphatic carbocycles. The number of pyridine rings is 2. The lowest BCUT2D eigenvalue weighted by Gasteiger charge is -2.24. The van der Waals surface area contributed by atoms with Gasteiger partial charge in [-0.15, -0.1) is 0 Å². The number of fused-ring (bicyclic) bond motifs is 1. The van der Waals surface area contributed by atoms with Gasteiger partial charge >= 0.3 is 0 Å². The standard InChI is InChI=1S/C18H22F2N4O2/c19-17(20)15-6-11-8-22-16(23-12-2-1-4-21-9-12)7-14(11)18(24-15)26-13-3-5-25-10-13/h6-8,12-13,17,21H,1-5,9-10H2,(H,22,23)/t12-,13+/m0/s1. The summed E-state index contributed by atoms with van der Waals surface area (Å²) in [7, 11) is 0. The first kappa shape index (κ1) is 17.4. The van der Waals surface area contributed by atoms with E-state index in [0.29, 0.717) is 35.8 Å². The lowest BCUT2D eigenvalue weighted by Crippen LogP contribution is -2.38. The van der Waals surface area contributed by atoms with E-state index >= 15 is 0 Å². The predicted molar refractivity (Wildman–Crippen MR) is 93.9 cm³/mol. The van der Waals surface area contributed by atoms with Crippen LogP contribution in [0.5, 0.6) is 5.88 Å². The first-order valence-electron chi connectivity index (χ1n) is 8.99. The number of nitrogens with one attached hydrogen (secondary N) is 2. The molecule has 2 fully saturated rings. The fourth-order valence-electron chi connectivity index (χ4n) is 3.36. The second-order valence-corrected chi connectivity index (χ2v) is 6.73. The fraction of sp³-hybridized carbons (Fsp3) is 0.556. The zero-order valence-corrected chi connectivity index (χ0v) is 14.4. The number of aromatic nitrogens is 2. The van der Waals surface area contributed by atoms with Crippen molar-refractivity contribution >= 4 is 16.6 Å². The highest BCUT2D eigenvalue weighted by Crippen LogP contribution is 2.31. The molecule has 2 atom stereocenters. The number of nitrogens with zero attached hydrogens (tertiary/aromatic N) is 2. The van der Waals surface area contributed by atoms with Gasteiger partial charge in [0, 0.05) is 36.0 Å². The van der Waals surface area contributed by atoms with Crippen molar-refractivity contribution in [2.24, 2.45) is 0 Å². The van der Waals surface area contributed by atoms with Crippen LogP contribution < -0.4 is 15.4 Å². The third kappa shape index (κ3) is 3.86. The average Bonchev–Trinajstić information content (AvgIpc) is 3.16. The quantitative estimate of drug-likeness (QED) is 0.850. The molecular formula is C18H22F2N4O2. The Balaban J connectivity index is 1.65. The fourth-order valence-corrected chi connectivity index (χ4v) is 3.36. The minimum absolute atomic E-state index is 0.161. The van der Waals surface area contributed by atoms with Crippen molar-refractivity contribution < 1.29 is 18.3 Å². The zero-order valence-electron chi connectivity index (χ0n) is 14.4. The van der Waals surface area contributed by atoms with E-state index in [1.165, 1.54) is 6.07 Å². The molecule has 2 aromatic heterocycles. The normalized spacial score (nSPS) is 23.5. The molecule has 0 saturated carbocycles. The topological polar surface area (TPSA) is 68.3 Å². The minimum atomic E-state index is -2.66. The Bertz CT molecular complexity index is 762. The highest BCUT2D eigenvalue weighted by atomic mass is 19.3. The van der Waals surface area contributed by atoms with Crippen molar-refractivity contribution in [3.8, 4) is 5.88 Å². The Labute approximate surface area is 150 Å². The molecule has 140 valence electrons. The molecule has 4 rings (SSSR count). The number of hydrogen-bond donors (Lipinski definition) is 2. The summed E-state index contributed by atoms with van der Waals surface area (Å²) in [4.78, 5) is 8.44. The van der Waals surface area contributed by atoms with Gasteiger partial charge in [0.05, 0.1) is 13.2 Å². The van der Waals surface area contributed by atoms with Gasteiger partial charge in [-0.3, -0.25) is 0 Å². The van der Waals surface area contributed by atoms with Crippen LogP contribution in [0.25, 0.3) is 10.8 Å². The third-order valence-electron chi connectivity index (χ3n) is 4.74. The van der Waals surface area contributed by atoms with Crippen LogP contribution in [0.3, 0.4) is 0 Å². The number of anilines is 1. The van der Waals surface area contributed by atoms with E-state index in [1.807, 2.05) is 6.07 Å². The van der Waals surface area contributed by atoms with Crippen LogP contribution in [0.4, 0.5) is 14.6 Å². The molecule has 0 aromatic carbocycles. The van der Waals surface area contributed by atoms with E-state index in [2.05, 4.69) is 20.6 Å². The monoisotopic (exact) mass is 364 g/mol. The molecule has 4 heterocycles. The molecule has 2 aromatic rings. The molecule has 8 heteroatoms. The van der Waals surface area contributed by atoms with Gasteiger partial charge < -0.3 is 20.1 Å². The van der Waals surface area contributed by atoms with Crippen LogP contribution in [0, 0.1) is 0 Å². The van der Waals surface area contributed by atoms with Gasteiger partial charge in [-0.1, -0.05) is 0 Å². The smallest absolute Gasteiger partial charge is 0.280 e. The maximum atomic E-state index is 13.2. The summed E-state index contributed by atoms with van der Waals surface area (Å²) in [5.41, 5.74) is -0.301. The van der Waals surface area contributed by atoms with Crippen molar-refractivity contribution in [2.45, 2.75) is 37.8 Å². The first-order valence-corrected chi connectivity index (χ1v) is 8.99. The Kier molecular flexibility index (Phi) is 5.12. The summed E-state index contributed by atoms with van der Waals surface area (Å²) in [6, 6.07) is 3.50. The highest BCUT2D eigenvalue weighted by Gasteiger charge is 2.22. The van der Waals surface area contributed by atoms with Gasteiger partial charge in [0.1, 0.15) is 17.6 Å². The minimum Gasteiger partial charge on any atom is -0.471 e. The second-order valence-electron chi connectivity index (χ2n) is 6.73. The number of piperidine rings is 1. The summed E-state index contributed by atoms with van der Waals surface area (Å²) >= 11 is 0. The number of alkyl halides is 2. The summed E-state index contributed by atoms with van der Waals surface area (Å²) in [5, 5.41) is 8.03. The van der Waals surface area contributed by atoms with E-state index in [0.717, 1.165) is 32.4 Å². The molecule has 2 aliphatic heterocycles. The molecule has 0 radical (unpaired) electrons. The van der Waals surface area contributed by atoms with Gasteiger partial charge in [0.25, 0.3) is 6.43 Å². The lowest BCUT2D eigenvalue weighted by atomic mass is 10.1. The summed E-state index contributed by atoms with van der Waals surface area (Å²) in [6.45, 7) is 2.97.